The molecule has 1 N–H and O–H groups in total. The second-order valence-corrected chi connectivity index (χ2v) is 5.35. The van der Waals surface area contributed by atoms with Crippen molar-refractivity contribution in [2.75, 3.05) is 19.6 Å². The average molecular weight is 225 g/mol. The van der Waals surface area contributed by atoms with Gasteiger partial charge in [-0.1, -0.05) is 6.92 Å². The van der Waals surface area contributed by atoms with Crippen LogP contribution in [-0.4, -0.2) is 35.1 Å². The van der Waals surface area contributed by atoms with Gasteiger partial charge in [0.15, 0.2) is 0 Å². The largest absolute Gasteiger partial charge is 0.314 e. The molecule has 1 atom stereocenters. The van der Waals surface area contributed by atoms with Gasteiger partial charge in [-0.15, -0.1) is 11.3 Å². The molecule has 0 amide bonds. The molecule has 1 aliphatic rings. The second-order valence-electron chi connectivity index (χ2n) is 4.37. The van der Waals surface area contributed by atoms with Crippen molar-refractivity contribution in [3.05, 3.63) is 16.6 Å². The van der Waals surface area contributed by atoms with Crippen molar-refractivity contribution in [1.82, 2.24) is 15.2 Å². The number of hydrogen-bond donors (Lipinski definition) is 1. The lowest BCUT2D eigenvalue weighted by molar-refractivity contribution is 0.0637. The Morgan fingerprint density at radius 1 is 1.67 bits per heavy atom. The van der Waals surface area contributed by atoms with Gasteiger partial charge in [0.05, 0.1) is 6.54 Å². The molecule has 4 heteroatoms. The van der Waals surface area contributed by atoms with E-state index in [0.29, 0.717) is 5.54 Å². The SMILES string of the molecule is CCC1(C)CNCCN1Cc1nccs1. The van der Waals surface area contributed by atoms with Crippen molar-refractivity contribution < 1.29 is 0 Å². The van der Waals surface area contributed by atoms with Crippen LogP contribution in [0.25, 0.3) is 0 Å². The van der Waals surface area contributed by atoms with Gasteiger partial charge in [-0.3, -0.25) is 4.90 Å². The minimum absolute atomic E-state index is 0.296. The predicted molar refractivity (Wildman–Crippen MR) is 64.1 cm³/mol. The van der Waals surface area contributed by atoms with Crippen LogP contribution >= 0.6 is 11.3 Å². The van der Waals surface area contributed by atoms with Gasteiger partial charge in [0.2, 0.25) is 0 Å². The zero-order valence-corrected chi connectivity index (χ0v) is 10.3. The molecular weight excluding hydrogens is 206 g/mol. The van der Waals surface area contributed by atoms with E-state index in [0.717, 1.165) is 26.2 Å². The zero-order chi connectivity index (χ0) is 10.7. The molecule has 1 aliphatic heterocycles. The Hall–Kier alpha value is -0.450. The fourth-order valence-electron chi connectivity index (χ4n) is 2.07. The number of thiazole rings is 1. The number of piperazine rings is 1. The number of nitrogens with zero attached hydrogens (tertiary/aromatic N) is 2. The van der Waals surface area contributed by atoms with Crippen LogP contribution in [0.15, 0.2) is 11.6 Å². The second kappa shape index (κ2) is 4.60. The van der Waals surface area contributed by atoms with Crippen LogP contribution in [0.4, 0.5) is 0 Å². The Morgan fingerprint density at radius 2 is 2.53 bits per heavy atom. The minimum Gasteiger partial charge on any atom is -0.314 e. The first-order chi connectivity index (χ1) is 7.24. The maximum atomic E-state index is 4.37. The third kappa shape index (κ3) is 2.38. The molecule has 1 saturated heterocycles. The molecule has 0 spiro atoms. The lowest BCUT2D eigenvalue weighted by Crippen LogP contribution is -2.58. The van der Waals surface area contributed by atoms with Gasteiger partial charge in [-0.25, -0.2) is 4.98 Å². The quantitative estimate of drug-likeness (QED) is 0.849. The van der Waals surface area contributed by atoms with Crippen LogP contribution in [0.5, 0.6) is 0 Å². The molecule has 15 heavy (non-hydrogen) atoms. The molecule has 84 valence electrons. The van der Waals surface area contributed by atoms with E-state index in [2.05, 4.69) is 34.4 Å². The first-order valence-corrected chi connectivity index (χ1v) is 6.47. The van der Waals surface area contributed by atoms with Crippen LogP contribution in [-0.2, 0) is 6.54 Å². The summed E-state index contributed by atoms with van der Waals surface area (Å²) in [5.41, 5.74) is 0.296. The van der Waals surface area contributed by atoms with Crippen LogP contribution in [0.1, 0.15) is 25.3 Å². The Bertz CT molecular complexity index is 299. The molecule has 1 fully saturated rings. The molecule has 0 aliphatic carbocycles. The molecule has 1 aromatic heterocycles. The predicted octanol–water partition coefficient (Wildman–Crippen LogP) is 1.72. The molecule has 1 unspecified atom stereocenters. The highest BCUT2D eigenvalue weighted by atomic mass is 32.1. The van der Waals surface area contributed by atoms with Gasteiger partial charge in [0.25, 0.3) is 0 Å². The van der Waals surface area contributed by atoms with Gasteiger partial charge in [-0.05, 0) is 13.3 Å². The third-order valence-corrected chi connectivity index (χ3v) is 4.16. The Balaban J connectivity index is 2.05. The maximum absolute atomic E-state index is 4.37. The van der Waals surface area contributed by atoms with Gasteiger partial charge in [-0.2, -0.15) is 0 Å². The van der Waals surface area contributed by atoms with Crippen molar-refractivity contribution in [2.45, 2.75) is 32.4 Å². The van der Waals surface area contributed by atoms with Gasteiger partial charge in [0, 0.05) is 36.8 Å². The fraction of sp³-hybridized carbons (Fsp3) is 0.727. The lowest BCUT2D eigenvalue weighted by Gasteiger charge is -2.44. The zero-order valence-electron chi connectivity index (χ0n) is 9.49. The molecule has 2 rings (SSSR count). The maximum Gasteiger partial charge on any atom is 0.107 e. The number of aromatic nitrogens is 1. The van der Waals surface area contributed by atoms with E-state index >= 15 is 0 Å². The summed E-state index contributed by atoms with van der Waals surface area (Å²) in [5, 5.41) is 6.77. The van der Waals surface area contributed by atoms with Crippen LogP contribution < -0.4 is 5.32 Å². The number of nitrogens with one attached hydrogen (secondary N) is 1. The van der Waals surface area contributed by atoms with E-state index in [1.807, 2.05) is 6.20 Å². The summed E-state index contributed by atoms with van der Waals surface area (Å²) < 4.78 is 0. The van der Waals surface area contributed by atoms with Crippen molar-refractivity contribution in [3.8, 4) is 0 Å². The van der Waals surface area contributed by atoms with E-state index in [9.17, 15) is 0 Å². The summed E-state index contributed by atoms with van der Waals surface area (Å²) in [7, 11) is 0. The first kappa shape index (κ1) is 11.0. The Morgan fingerprint density at radius 3 is 3.20 bits per heavy atom. The molecule has 0 aromatic carbocycles. The highest BCUT2D eigenvalue weighted by Gasteiger charge is 2.32. The van der Waals surface area contributed by atoms with Gasteiger partial charge < -0.3 is 5.32 Å². The summed E-state index contributed by atoms with van der Waals surface area (Å²) in [6.07, 6.45) is 3.08. The Kier molecular flexibility index (Phi) is 3.38. The van der Waals surface area contributed by atoms with Crippen LogP contribution in [0, 0.1) is 0 Å². The summed E-state index contributed by atoms with van der Waals surface area (Å²) in [6.45, 7) is 8.93. The van der Waals surface area contributed by atoms with E-state index in [-0.39, 0.29) is 0 Å². The average Bonchev–Trinajstić information content (AvgIpc) is 2.74. The minimum atomic E-state index is 0.296. The van der Waals surface area contributed by atoms with Crippen molar-refractivity contribution in [3.63, 3.8) is 0 Å². The highest BCUT2D eigenvalue weighted by molar-refractivity contribution is 7.09. The summed E-state index contributed by atoms with van der Waals surface area (Å²) in [4.78, 5) is 6.92. The first-order valence-electron chi connectivity index (χ1n) is 5.59. The molecule has 2 heterocycles. The molecule has 3 nitrogen and oxygen atoms in total. The monoisotopic (exact) mass is 225 g/mol. The number of hydrogen-bond acceptors (Lipinski definition) is 4. The lowest BCUT2D eigenvalue weighted by atomic mass is 9.94. The normalized spacial score (nSPS) is 28.1. The third-order valence-electron chi connectivity index (χ3n) is 3.40. The molecule has 0 saturated carbocycles. The molecule has 0 radical (unpaired) electrons. The van der Waals surface area contributed by atoms with Gasteiger partial charge in [0.1, 0.15) is 5.01 Å². The smallest absolute Gasteiger partial charge is 0.107 e. The van der Waals surface area contributed by atoms with Crippen molar-refractivity contribution in [2.24, 2.45) is 0 Å². The molecular formula is C11H19N3S. The molecule has 1 aromatic rings. The highest BCUT2D eigenvalue weighted by Crippen LogP contribution is 2.23. The van der Waals surface area contributed by atoms with E-state index in [4.69, 9.17) is 0 Å². The van der Waals surface area contributed by atoms with Crippen LogP contribution in [0.2, 0.25) is 0 Å². The summed E-state index contributed by atoms with van der Waals surface area (Å²) in [5.74, 6) is 0. The van der Waals surface area contributed by atoms with Crippen molar-refractivity contribution in [1.29, 1.82) is 0 Å². The van der Waals surface area contributed by atoms with Crippen molar-refractivity contribution >= 4 is 11.3 Å². The fourth-order valence-corrected chi connectivity index (χ4v) is 2.70. The van der Waals surface area contributed by atoms with Gasteiger partial charge >= 0.3 is 0 Å². The van der Waals surface area contributed by atoms with E-state index < -0.39 is 0 Å². The summed E-state index contributed by atoms with van der Waals surface area (Å²) in [6, 6.07) is 0. The van der Waals surface area contributed by atoms with E-state index in [1.54, 1.807) is 11.3 Å². The Labute approximate surface area is 95.5 Å². The number of rotatable bonds is 3. The standard InChI is InChI=1S/C11H19N3S/c1-3-11(2)9-12-4-6-14(11)8-10-13-5-7-15-10/h5,7,12H,3-4,6,8-9H2,1-2H3. The van der Waals surface area contributed by atoms with Crippen LogP contribution in [0.3, 0.4) is 0 Å². The topological polar surface area (TPSA) is 28.2 Å². The van der Waals surface area contributed by atoms with E-state index in [1.165, 1.54) is 11.4 Å². The molecule has 0 bridgehead atoms. The summed E-state index contributed by atoms with van der Waals surface area (Å²) >= 11 is 1.75.